The van der Waals surface area contributed by atoms with Gasteiger partial charge in [0.05, 0.1) is 26.4 Å². The van der Waals surface area contributed by atoms with Gasteiger partial charge in [0, 0.05) is 24.3 Å². The normalized spacial score (nSPS) is 11.0. The smallest absolute Gasteiger partial charge is 0.188 e. The van der Waals surface area contributed by atoms with Crippen LogP contribution in [0.15, 0.2) is 97.1 Å². The number of ketones is 2. The highest BCUT2D eigenvalue weighted by Crippen LogP contribution is 2.24. The van der Waals surface area contributed by atoms with Gasteiger partial charge in [0.15, 0.2) is 11.6 Å². The molecule has 0 unspecified atom stereocenters. The molecule has 0 N–H and O–H groups in total. The molecule has 0 heterocycles. The molecular formula is C40H46O8. The third-order valence-electron chi connectivity index (χ3n) is 7.32. The predicted molar refractivity (Wildman–Crippen MR) is 187 cm³/mol. The van der Waals surface area contributed by atoms with Gasteiger partial charge in [0.2, 0.25) is 0 Å². The predicted octanol–water partition coefficient (Wildman–Crippen LogP) is 7.73. The summed E-state index contributed by atoms with van der Waals surface area (Å²) >= 11 is 0. The molecule has 0 atom stereocenters. The molecule has 48 heavy (non-hydrogen) atoms. The molecule has 0 fully saturated rings. The molecule has 0 spiro atoms. The first kappa shape index (κ1) is 36.5. The fourth-order valence-corrected chi connectivity index (χ4v) is 4.73. The second kappa shape index (κ2) is 20.8. The minimum atomic E-state index is -0.00994. The summed E-state index contributed by atoms with van der Waals surface area (Å²) in [5.41, 5.74) is 5.45. The monoisotopic (exact) mass is 654 g/mol. The highest BCUT2D eigenvalue weighted by molar-refractivity contribution is 5.98. The number of benzene rings is 4. The topological polar surface area (TPSA) is 89.5 Å². The van der Waals surface area contributed by atoms with Gasteiger partial charge in [-0.3, -0.25) is 9.59 Å². The SMILES string of the molecule is CCCOCC(=O)c1ccc(-c2ccc(OCCOCCOCCOc3ccc(-c4ccc(C(=O)COCCC)cc4)cc3)cc2)cc1. The van der Waals surface area contributed by atoms with E-state index in [1.54, 1.807) is 0 Å². The van der Waals surface area contributed by atoms with Crippen LogP contribution in [0.4, 0.5) is 0 Å². The van der Waals surface area contributed by atoms with E-state index in [1.165, 1.54) is 0 Å². The highest BCUT2D eigenvalue weighted by atomic mass is 16.6. The maximum absolute atomic E-state index is 12.2. The molecule has 0 aliphatic heterocycles. The lowest BCUT2D eigenvalue weighted by Crippen LogP contribution is -2.13. The van der Waals surface area contributed by atoms with Gasteiger partial charge in [-0.05, 0) is 59.4 Å². The van der Waals surface area contributed by atoms with Crippen LogP contribution in [0.25, 0.3) is 22.3 Å². The van der Waals surface area contributed by atoms with Crippen LogP contribution >= 0.6 is 0 Å². The molecule has 0 aliphatic carbocycles. The van der Waals surface area contributed by atoms with Gasteiger partial charge < -0.3 is 28.4 Å². The zero-order valence-corrected chi connectivity index (χ0v) is 28.0. The zero-order chi connectivity index (χ0) is 33.8. The zero-order valence-electron chi connectivity index (χ0n) is 28.0. The van der Waals surface area contributed by atoms with E-state index >= 15 is 0 Å². The van der Waals surface area contributed by atoms with Crippen molar-refractivity contribution in [3.63, 3.8) is 0 Å². The van der Waals surface area contributed by atoms with Gasteiger partial charge in [0.25, 0.3) is 0 Å². The molecule has 0 saturated heterocycles. The summed E-state index contributed by atoms with van der Waals surface area (Å²) in [5, 5.41) is 0. The summed E-state index contributed by atoms with van der Waals surface area (Å²) in [7, 11) is 0. The fraction of sp³-hybridized carbons (Fsp3) is 0.350. The third kappa shape index (κ3) is 12.4. The standard InChI is InChI=1S/C40H46O8/c1-3-21-45-29-39(41)35-9-5-31(6-10-35)33-13-17-37(18-14-33)47-27-25-43-23-24-44-26-28-48-38-19-15-34(16-20-38)32-7-11-36(12-8-32)40(42)30-46-22-4-2/h5-20H,3-4,21-30H2,1-2H3. The molecule has 8 heteroatoms. The number of carbonyl (C=O) groups excluding carboxylic acids is 2. The third-order valence-corrected chi connectivity index (χ3v) is 7.32. The van der Waals surface area contributed by atoms with Crippen molar-refractivity contribution in [1.29, 1.82) is 0 Å². The van der Waals surface area contributed by atoms with E-state index in [0.717, 1.165) is 46.6 Å². The molecule has 8 nitrogen and oxygen atoms in total. The lowest BCUT2D eigenvalue weighted by Gasteiger charge is -2.10. The van der Waals surface area contributed by atoms with Crippen molar-refractivity contribution in [3.8, 4) is 33.8 Å². The number of carbonyl (C=O) groups is 2. The largest absolute Gasteiger partial charge is 0.491 e. The summed E-state index contributed by atoms with van der Waals surface area (Å²) in [4.78, 5) is 24.4. The fourth-order valence-electron chi connectivity index (χ4n) is 4.73. The Bertz CT molecular complexity index is 1380. The van der Waals surface area contributed by atoms with Gasteiger partial charge in [0.1, 0.15) is 37.9 Å². The van der Waals surface area contributed by atoms with Crippen molar-refractivity contribution in [2.75, 3.05) is 66.1 Å². The Morgan fingerprint density at radius 3 is 1.04 bits per heavy atom. The molecule has 4 aromatic carbocycles. The maximum Gasteiger partial charge on any atom is 0.188 e. The summed E-state index contributed by atoms with van der Waals surface area (Å²) in [6.07, 6.45) is 1.79. The second-order valence-electron chi connectivity index (χ2n) is 11.1. The van der Waals surface area contributed by atoms with Crippen LogP contribution in [0.3, 0.4) is 0 Å². The van der Waals surface area contributed by atoms with E-state index in [9.17, 15) is 9.59 Å². The van der Waals surface area contributed by atoms with Gasteiger partial charge in [-0.25, -0.2) is 0 Å². The first-order chi connectivity index (χ1) is 23.6. The van der Waals surface area contributed by atoms with E-state index in [2.05, 4.69) is 0 Å². The maximum atomic E-state index is 12.2. The Hall–Kier alpha value is -4.34. The molecule has 0 aromatic heterocycles. The highest BCUT2D eigenvalue weighted by Gasteiger charge is 2.08. The quantitative estimate of drug-likeness (QED) is 0.0593. The average Bonchev–Trinajstić information content (AvgIpc) is 3.13. The second-order valence-corrected chi connectivity index (χ2v) is 11.1. The summed E-state index contributed by atoms with van der Waals surface area (Å²) < 4.78 is 33.5. The first-order valence-corrected chi connectivity index (χ1v) is 16.6. The number of ether oxygens (including phenoxy) is 6. The molecule has 0 amide bonds. The summed E-state index contributed by atoms with van der Waals surface area (Å²) in [6.45, 7) is 8.17. The lowest BCUT2D eigenvalue weighted by atomic mass is 10.0. The van der Waals surface area contributed by atoms with Gasteiger partial charge in [-0.15, -0.1) is 0 Å². The van der Waals surface area contributed by atoms with Crippen molar-refractivity contribution < 1.29 is 38.0 Å². The average molecular weight is 655 g/mol. The van der Waals surface area contributed by atoms with Crippen molar-refractivity contribution >= 4 is 11.6 Å². The molecule has 0 radical (unpaired) electrons. The van der Waals surface area contributed by atoms with Crippen molar-refractivity contribution in [1.82, 2.24) is 0 Å². The van der Waals surface area contributed by atoms with E-state index < -0.39 is 0 Å². The van der Waals surface area contributed by atoms with E-state index in [1.807, 2.05) is 111 Å². The van der Waals surface area contributed by atoms with Crippen molar-refractivity contribution in [3.05, 3.63) is 108 Å². The van der Waals surface area contributed by atoms with Crippen molar-refractivity contribution in [2.45, 2.75) is 26.7 Å². The van der Waals surface area contributed by atoms with Crippen LogP contribution < -0.4 is 9.47 Å². The number of rotatable bonds is 23. The van der Waals surface area contributed by atoms with Gasteiger partial charge in [-0.2, -0.15) is 0 Å². The summed E-state index contributed by atoms with van der Waals surface area (Å²) in [5.74, 6) is 1.51. The van der Waals surface area contributed by atoms with Gasteiger partial charge >= 0.3 is 0 Å². The molecule has 4 aromatic rings. The minimum absolute atomic E-state index is 0.00994. The number of hydrogen-bond donors (Lipinski definition) is 0. The molecule has 0 aliphatic rings. The van der Waals surface area contributed by atoms with Crippen LogP contribution in [0, 0.1) is 0 Å². The molecule has 0 bridgehead atoms. The number of hydrogen-bond acceptors (Lipinski definition) is 8. The van der Waals surface area contributed by atoms with Crippen molar-refractivity contribution in [2.24, 2.45) is 0 Å². The van der Waals surface area contributed by atoms with E-state index in [0.29, 0.717) is 64.0 Å². The van der Waals surface area contributed by atoms with E-state index in [-0.39, 0.29) is 24.8 Å². The molecular weight excluding hydrogens is 608 g/mol. The molecule has 0 saturated carbocycles. The van der Waals surface area contributed by atoms with Crippen LogP contribution in [-0.4, -0.2) is 77.6 Å². The number of Topliss-reactive ketones (excluding diaryl/α,β-unsaturated/α-hetero) is 2. The van der Waals surface area contributed by atoms with Crippen LogP contribution in [-0.2, 0) is 18.9 Å². The summed E-state index contributed by atoms with van der Waals surface area (Å²) in [6, 6.07) is 30.8. The Labute approximate surface area is 283 Å². The molecule has 4 rings (SSSR count). The lowest BCUT2D eigenvalue weighted by molar-refractivity contribution is 0.0273. The first-order valence-electron chi connectivity index (χ1n) is 16.6. The van der Waals surface area contributed by atoms with E-state index in [4.69, 9.17) is 28.4 Å². The Balaban J connectivity index is 1.04. The Morgan fingerprint density at radius 1 is 0.396 bits per heavy atom. The van der Waals surface area contributed by atoms with Crippen LogP contribution in [0.5, 0.6) is 11.5 Å². The Kier molecular flexibility index (Phi) is 15.8. The minimum Gasteiger partial charge on any atom is -0.491 e. The van der Waals surface area contributed by atoms with Gasteiger partial charge in [-0.1, -0.05) is 86.6 Å². The van der Waals surface area contributed by atoms with Crippen LogP contribution in [0.2, 0.25) is 0 Å². The Morgan fingerprint density at radius 2 is 0.708 bits per heavy atom. The van der Waals surface area contributed by atoms with Crippen LogP contribution in [0.1, 0.15) is 47.4 Å². The molecule has 254 valence electrons.